The molecule has 0 bridgehead atoms. The van der Waals surface area contributed by atoms with E-state index in [2.05, 4.69) is 5.32 Å². The van der Waals surface area contributed by atoms with E-state index in [0.717, 1.165) is 11.6 Å². The molecular formula is C21H15N2NaO5S. The van der Waals surface area contributed by atoms with E-state index in [1.165, 1.54) is 12.1 Å². The van der Waals surface area contributed by atoms with E-state index in [0.29, 0.717) is 0 Å². The molecule has 0 atom stereocenters. The van der Waals surface area contributed by atoms with Gasteiger partial charge >= 0.3 is 29.6 Å². The summed E-state index contributed by atoms with van der Waals surface area (Å²) in [5.41, 5.74) is 6.34. The number of nitrogens with one attached hydrogen (secondary N) is 1. The predicted molar refractivity (Wildman–Crippen MR) is 106 cm³/mol. The van der Waals surface area contributed by atoms with Crippen molar-refractivity contribution in [2.75, 3.05) is 11.1 Å². The third-order valence-electron chi connectivity index (χ3n) is 4.80. The average molecular weight is 430 g/mol. The first-order valence-corrected chi connectivity index (χ1v) is 10.1. The third-order valence-corrected chi connectivity index (χ3v) is 5.67. The zero-order valence-electron chi connectivity index (χ0n) is 16.0. The molecule has 0 aliphatic heterocycles. The molecule has 0 unspecified atom stereocenters. The summed E-state index contributed by atoms with van der Waals surface area (Å²) in [5.74, 6) is -1.06. The molecule has 1 aliphatic rings. The van der Waals surface area contributed by atoms with Crippen molar-refractivity contribution in [3.05, 3.63) is 88.5 Å². The topological polar surface area (TPSA) is 129 Å². The molecule has 0 saturated carbocycles. The van der Waals surface area contributed by atoms with Crippen LogP contribution in [0.25, 0.3) is 0 Å². The molecule has 7 nitrogen and oxygen atoms in total. The fourth-order valence-electron chi connectivity index (χ4n) is 3.43. The van der Waals surface area contributed by atoms with Crippen LogP contribution in [0.4, 0.5) is 11.4 Å². The summed E-state index contributed by atoms with van der Waals surface area (Å²) in [4.78, 5) is 25.4. The van der Waals surface area contributed by atoms with Crippen LogP contribution in [0, 0.1) is 0 Å². The molecule has 0 spiro atoms. The summed E-state index contributed by atoms with van der Waals surface area (Å²) in [5, 5.41) is 2.98. The summed E-state index contributed by atoms with van der Waals surface area (Å²) in [6, 6.07) is 16.4. The SMILES string of the molecule is Nc1c(S(=O)(=O)[O-])cc(NCc2ccccc2)c2c1C(=O)c1ccccc1C2=O.[Na+]. The van der Waals surface area contributed by atoms with Gasteiger partial charge in [0.15, 0.2) is 11.6 Å². The van der Waals surface area contributed by atoms with Crippen LogP contribution in [0.15, 0.2) is 65.6 Å². The molecule has 1 aliphatic carbocycles. The Morgan fingerprint density at radius 2 is 1.40 bits per heavy atom. The molecule has 4 rings (SSSR count). The van der Waals surface area contributed by atoms with Crippen LogP contribution in [-0.2, 0) is 16.7 Å². The Morgan fingerprint density at radius 1 is 0.867 bits per heavy atom. The fraction of sp³-hybridized carbons (Fsp3) is 0.0476. The Balaban J connectivity index is 0.00000256. The van der Waals surface area contributed by atoms with E-state index in [4.69, 9.17) is 5.73 Å². The van der Waals surface area contributed by atoms with Crippen LogP contribution in [0.1, 0.15) is 37.4 Å². The number of nitrogen functional groups attached to an aromatic ring is 1. The van der Waals surface area contributed by atoms with Crippen molar-refractivity contribution in [3.63, 3.8) is 0 Å². The molecule has 9 heteroatoms. The van der Waals surface area contributed by atoms with E-state index in [-0.39, 0.29) is 64.0 Å². The van der Waals surface area contributed by atoms with E-state index in [1.54, 1.807) is 12.1 Å². The van der Waals surface area contributed by atoms with Gasteiger partial charge in [-0.25, -0.2) is 8.42 Å². The van der Waals surface area contributed by atoms with Gasteiger partial charge in [-0.3, -0.25) is 9.59 Å². The number of fused-ring (bicyclic) bond motifs is 2. The second-order valence-electron chi connectivity index (χ2n) is 6.58. The molecule has 30 heavy (non-hydrogen) atoms. The van der Waals surface area contributed by atoms with Crippen molar-refractivity contribution < 1.29 is 52.1 Å². The maximum atomic E-state index is 13.1. The number of anilines is 2. The van der Waals surface area contributed by atoms with Crippen LogP contribution in [0.2, 0.25) is 0 Å². The number of hydrogen-bond acceptors (Lipinski definition) is 7. The van der Waals surface area contributed by atoms with Crippen LogP contribution >= 0.6 is 0 Å². The minimum atomic E-state index is -4.97. The standard InChI is InChI=1S/C21H16N2O5S.Na/c22-19-16(29(26,27)28)10-15(23-11-12-6-2-1-3-7-12)17-18(19)21(25)14-9-5-4-8-13(14)20(17)24;/h1-10,23H,11,22H2,(H,26,27,28);/q;+1/p-1. The average Bonchev–Trinajstić information content (AvgIpc) is 2.70. The Hall–Kier alpha value is -2.49. The van der Waals surface area contributed by atoms with Crippen molar-refractivity contribution in [1.29, 1.82) is 0 Å². The van der Waals surface area contributed by atoms with Gasteiger partial charge in [-0.15, -0.1) is 0 Å². The van der Waals surface area contributed by atoms with Crippen molar-refractivity contribution in [2.24, 2.45) is 0 Å². The van der Waals surface area contributed by atoms with Crippen LogP contribution < -0.4 is 40.6 Å². The molecule has 0 radical (unpaired) electrons. The molecule has 146 valence electrons. The number of hydrogen-bond donors (Lipinski definition) is 2. The summed E-state index contributed by atoms with van der Waals surface area (Å²) in [6.45, 7) is 0.249. The van der Waals surface area contributed by atoms with Crippen LogP contribution in [0.5, 0.6) is 0 Å². The summed E-state index contributed by atoms with van der Waals surface area (Å²) >= 11 is 0. The van der Waals surface area contributed by atoms with Crippen molar-refractivity contribution in [1.82, 2.24) is 0 Å². The first kappa shape index (κ1) is 22.2. The van der Waals surface area contributed by atoms with E-state index >= 15 is 0 Å². The van der Waals surface area contributed by atoms with Crippen molar-refractivity contribution in [3.8, 4) is 0 Å². The number of ketones is 2. The second kappa shape index (κ2) is 8.33. The van der Waals surface area contributed by atoms with Gasteiger partial charge in [0, 0.05) is 23.4 Å². The van der Waals surface area contributed by atoms with E-state index in [9.17, 15) is 22.6 Å². The largest absolute Gasteiger partial charge is 1.00 e. The maximum Gasteiger partial charge on any atom is 1.00 e. The second-order valence-corrected chi connectivity index (χ2v) is 7.93. The van der Waals surface area contributed by atoms with Gasteiger partial charge in [-0.1, -0.05) is 54.6 Å². The van der Waals surface area contributed by atoms with Gasteiger partial charge < -0.3 is 15.6 Å². The molecule has 0 amide bonds. The van der Waals surface area contributed by atoms with Crippen LogP contribution in [0.3, 0.4) is 0 Å². The number of benzene rings is 3. The first-order chi connectivity index (χ1) is 13.8. The Morgan fingerprint density at radius 3 is 1.97 bits per heavy atom. The van der Waals surface area contributed by atoms with E-state index in [1.807, 2.05) is 30.3 Å². The first-order valence-electron chi connectivity index (χ1n) is 8.67. The normalized spacial score (nSPS) is 12.6. The molecule has 3 aromatic carbocycles. The number of nitrogens with two attached hydrogens (primary N) is 1. The zero-order valence-corrected chi connectivity index (χ0v) is 18.8. The maximum absolute atomic E-state index is 13.1. The monoisotopic (exact) mass is 430 g/mol. The molecule has 0 fully saturated rings. The van der Waals surface area contributed by atoms with Gasteiger partial charge in [-0.2, -0.15) is 0 Å². The van der Waals surface area contributed by atoms with Gasteiger partial charge in [0.05, 0.1) is 21.7 Å². The van der Waals surface area contributed by atoms with Gasteiger partial charge in [0.25, 0.3) is 0 Å². The Kier molecular flexibility index (Phi) is 6.16. The number of carbonyl (C=O) groups is 2. The Labute approximate surface area is 195 Å². The zero-order chi connectivity index (χ0) is 20.8. The molecule has 3 aromatic rings. The fourth-order valence-corrected chi connectivity index (χ4v) is 4.07. The van der Waals surface area contributed by atoms with Crippen LogP contribution in [-0.4, -0.2) is 24.5 Å². The third kappa shape index (κ3) is 3.80. The minimum absolute atomic E-state index is 0. The molecule has 0 heterocycles. The van der Waals surface area contributed by atoms with Gasteiger partial charge in [0.2, 0.25) is 0 Å². The molecular weight excluding hydrogens is 415 g/mol. The van der Waals surface area contributed by atoms with Crippen molar-refractivity contribution in [2.45, 2.75) is 11.4 Å². The minimum Gasteiger partial charge on any atom is -0.744 e. The van der Waals surface area contributed by atoms with Crippen molar-refractivity contribution >= 4 is 33.1 Å². The quantitative estimate of drug-likeness (QED) is 0.255. The summed E-state index contributed by atoms with van der Waals surface area (Å²) < 4.78 is 35.2. The van der Waals surface area contributed by atoms with Gasteiger partial charge in [0.1, 0.15) is 10.1 Å². The predicted octanol–water partition coefficient (Wildman–Crippen LogP) is -0.436. The van der Waals surface area contributed by atoms with E-state index < -0.39 is 32.3 Å². The number of rotatable bonds is 4. The summed E-state index contributed by atoms with van der Waals surface area (Å²) in [6.07, 6.45) is 0. The molecule has 0 saturated heterocycles. The molecule has 3 N–H and O–H groups in total. The smallest absolute Gasteiger partial charge is 0.744 e. The number of carbonyl (C=O) groups excluding carboxylic acids is 2. The summed E-state index contributed by atoms with van der Waals surface area (Å²) in [7, 11) is -4.97. The molecule has 0 aromatic heterocycles. The Bertz CT molecular complexity index is 1270. The van der Waals surface area contributed by atoms with Gasteiger partial charge in [-0.05, 0) is 11.6 Å².